The molecule has 0 saturated heterocycles. The van der Waals surface area contributed by atoms with Crippen LogP contribution in [-0.2, 0) is 24.2 Å². The molecule has 0 fully saturated rings. The number of nitrogens with one attached hydrogen (secondary N) is 1. The summed E-state index contributed by atoms with van der Waals surface area (Å²) in [6.07, 6.45) is 5.14. The molecule has 0 radical (unpaired) electrons. The summed E-state index contributed by atoms with van der Waals surface area (Å²) in [5.74, 6) is 1.09. The number of hydrogen-bond donors (Lipinski definition) is 1. The molecule has 29 heavy (non-hydrogen) atoms. The Morgan fingerprint density at radius 1 is 1.10 bits per heavy atom. The van der Waals surface area contributed by atoms with E-state index in [-0.39, 0.29) is 30.7 Å². The van der Waals surface area contributed by atoms with Crippen LogP contribution in [0.2, 0.25) is 0 Å². The molecule has 0 aliphatic carbocycles. The molecule has 0 unspecified atom stereocenters. The van der Waals surface area contributed by atoms with Crippen molar-refractivity contribution in [3.63, 3.8) is 0 Å². The molecule has 8 heteroatoms. The van der Waals surface area contributed by atoms with Gasteiger partial charge in [-0.25, -0.2) is 0 Å². The van der Waals surface area contributed by atoms with E-state index in [9.17, 15) is 14.4 Å². The summed E-state index contributed by atoms with van der Waals surface area (Å²) in [4.78, 5) is 38.2. The molecule has 1 aromatic carbocycles. The van der Waals surface area contributed by atoms with Crippen molar-refractivity contribution in [2.75, 3.05) is 13.1 Å². The first-order chi connectivity index (χ1) is 14.0. The van der Waals surface area contributed by atoms with Crippen LogP contribution >= 0.6 is 0 Å². The minimum absolute atomic E-state index is 0.0809. The van der Waals surface area contributed by atoms with Crippen molar-refractivity contribution in [3.8, 4) is 0 Å². The molecule has 0 saturated carbocycles. The highest BCUT2D eigenvalue weighted by Crippen LogP contribution is 2.24. The summed E-state index contributed by atoms with van der Waals surface area (Å²) < 4.78 is 2.17. The van der Waals surface area contributed by atoms with Gasteiger partial charge in [-0.2, -0.15) is 0 Å². The fraction of sp³-hybridized carbons (Fsp3) is 0.476. The minimum Gasteiger partial charge on any atom is -0.356 e. The van der Waals surface area contributed by atoms with Crippen LogP contribution in [0.3, 0.4) is 0 Å². The number of carbonyl (C=O) groups is 3. The van der Waals surface area contributed by atoms with Gasteiger partial charge >= 0.3 is 0 Å². The number of hydrogen-bond acceptors (Lipinski definition) is 5. The number of fused-ring (bicyclic) bond motifs is 2. The Kier molecular flexibility index (Phi) is 5.42. The number of aromatic nitrogens is 3. The van der Waals surface area contributed by atoms with Gasteiger partial charge in [0.15, 0.2) is 0 Å². The van der Waals surface area contributed by atoms with Gasteiger partial charge < -0.3 is 9.88 Å². The predicted molar refractivity (Wildman–Crippen MR) is 105 cm³/mol. The van der Waals surface area contributed by atoms with Crippen molar-refractivity contribution in [2.24, 2.45) is 0 Å². The van der Waals surface area contributed by atoms with Gasteiger partial charge in [-0.05, 0) is 31.9 Å². The van der Waals surface area contributed by atoms with Crippen LogP contribution in [0.5, 0.6) is 0 Å². The first-order valence-corrected chi connectivity index (χ1v) is 10.2. The van der Waals surface area contributed by atoms with Gasteiger partial charge in [-0.15, -0.1) is 10.2 Å². The van der Waals surface area contributed by atoms with Crippen LogP contribution in [0, 0.1) is 6.92 Å². The van der Waals surface area contributed by atoms with Crippen LogP contribution in [0.4, 0.5) is 0 Å². The lowest BCUT2D eigenvalue weighted by molar-refractivity contribution is -0.121. The molecule has 4 rings (SSSR count). The molecule has 152 valence electrons. The summed E-state index contributed by atoms with van der Waals surface area (Å²) >= 11 is 0. The van der Waals surface area contributed by atoms with E-state index in [1.54, 1.807) is 12.1 Å². The summed E-state index contributed by atoms with van der Waals surface area (Å²) in [6.45, 7) is 3.35. The molecule has 0 atom stereocenters. The highest BCUT2D eigenvalue weighted by Gasteiger charge is 2.35. The summed E-state index contributed by atoms with van der Waals surface area (Å²) in [7, 11) is 0. The number of nitrogens with zero attached hydrogens (tertiary/aromatic N) is 4. The zero-order chi connectivity index (χ0) is 20.4. The highest BCUT2D eigenvalue weighted by molar-refractivity contribution is 6.21. The number of carbonyl (C=O) groups excluding carboxylic acids is 3. The molecule has 8 nitrogen and oxygen atoms in total. The molecular formula is C21H25N5O3. The summed E-state index contributed by atoms with van der Waals surface area (Å²) in [5.41, 5.74) is 1.76. The first kappa shape index (κ1) is 19.3. The fourth-order valence-electron chi connectivity index (χ4n) is 3.95. The maximum Gasteiger partial charge on any atom is 0.261 e. The fourth-order valence-corrected chi connectivity index (χ4v) is 3.95. The molecular weight excluding hydrogens is 370 g/mol. The van der Waals surface area contributed by atoms with E-state index in [0.717, 1.165) is 47.9 Å². The summed E-state index contributed by atoms with van der Waals surface area (Å²) in [6, 6.07) is 5.20. The molecule has 1 aromatic heterocycles. The average Bonchev–Trinajstić information content (AvgIpc) is 3.07. The smallest absolute Gasteiger partial charge is 0.261 e. The number of aryl methyl sites for hydroxylation is 2. The Morgan fingerprint density at radius 3 is 2.79 bits per heavy atom. The highest BCUT2D eigenvalue weighted by atomic mass is 16.2. The zero-order valence-electron chi connectivity index (χ0n) is 16.6. The lowest BCUT2D eigenvalue weighted by atomic mass is 10.1. The second-order valence-electron chi connectivity index (χ2n) is 7.66. The van der Waals surface area contributed by atoms with Gasteiger partial charge in [0, 0.05) is 38.9 Å². The van der Waals surface area contributed by atoms with E-state index >= 15 is 0 Å². The normalized spacial score (nSPS) is 15.8. The van der Waals surface area contributed by atoms with Gasteiger partial charge in [-0.3, -0.25) is 19.3 Å². The van der Waals surface area contributed by atoms with E-state index < -0.39 is 0 Å². The van der Waals surface area contributed by atoms with Crippen molar-refractivity contribution in [1.82, 2.24) is 25.0 Å². The molecule has 3 heterocycles. The number of rotatable bonds is 6. The lowest BCUT2D eigenvalue weighted by Gasteiger charge is -2.13. The van der Waals surface area contributed by atoms with Crippen LogP contribution in [0.1, 0.15) is 63.6 Å². The van der Waals surface area contributed by atoms with E-state index in [1.165, 1.54) is 6.42 Å². The Labute approximate surface area is 169 Å². The monoisotopic (exact) mass is 395 g/mol. The van der Waals surface area contributed by atoms with E-state index in [0.29, 0.717) is 24.1 Å². The maximum absolute atomic E-state index is 12.5. The van der Waals surface area contributed by atoms with Crippen LogP contribution in [0.15, 0.2) is 18.2 Å². The Morgan fingerprint density at radius 2 is 1.93 bits per heavy atom. The summed E-state index contributed by atoms with van der Waals surface area (Å²) in [5, 5.41) is 11.4. The van der Waals surface area contributed by atoms with Crippen LogP contribution in [-0.4, -0.2) is 50.5 Å². The van der Waals surface area contributed by atoms with Crippen molar-refractivity contribution < 1.29 is 14.4 Å². The third-order valence-corrected chi connectivity index (χ3v) is 5.55. The van der Waals surface area contributed by atoms with Gasteiger partial charge in [-0.1, -0.05) is 18.1 Å². The van der Waals surface area contributed by atoms with Crippen molar-refractivity contribution >= 4 is 17.7 Å². The molecule has 2 aliphatic heterocycles. The standard InChI is InChI=1S/C21H25N5O3/c1-14-6-7-15-16(13-14)21(29)26(20(15)28)12-9-19(27)22-10-8-18-24-23-17-5-3-2-4-11-25(17)18/h6-7,13H,2-5,8-12H2,1H3,(H,22,27). The van der Waals surface area contributed by atoms with Crippen LogP contribution < -0.4 is 5.32 Å². The van der Waals surface area contributed by atoms with Gasteiger partial charge in [0.1, 0.15) is 11.6 Å². The van der Waals surface area contributed by atoms with E-state index in [2.05, 4.69) is 20.1 Å². The second kappa shape index (κ2) is 8.14. The first-order valence-electron chi connectivity index (χ1n) is 10.2. The predicted octanol–water partition coefficient (Wildman–Crippen LogP) is 1.66. The molecule has 3 amide bonds. The largest absolute Gasteiger partial charge is 0.356 e. The SMILES string of the molecule is Cc1ccc2c(c1)C(=O)N(CCC(=O)NCCc1nnc3n1CCCCC3)C2=O. The zero-order valence-corrected chi connectivity index (χ0v) is 16.6. The third-order valence-electron chi connectivity index (χ3n) is 5.55. The number of imide groups is 1. The van der Waals surface area contributed by atoms with Gasteiger partial charge in [0.25, 0.3) is 11.8 Å². The quantitative estimate of drug-likeness (QED) is 0.750. The Bertz CT molecular complexity index is 965. The number of amides is 3. The molecule has 1 N–H and O–H groups in total. The Balaban J connectivity index is 1.27. The maximum atomic E-state index is 12.5. The number of benzene rings is 1. The molecule has 2 aromatic rings. The third kappa shape index (κ3) is 3.92. The van der Waals surface area contributed by atoms with Crippen molar-refractivity contribution in [1.29, 1.82) is 0 Å². The van der Waals surface area contributed by atoms with Crippen LogP contribution in [0.25, 0.3) is 0 Å². The average molecular weight is 395 g/mol. The van der Waals surface area contributed by atoms with Gasteiger partial charge in [0.05, 0.1) is 11.1 Å². The van der Waals surface area contributed by atoms with Crippen molar-refractivity contribution in [3.05, 3.63) is 46.5 Å². The molecule has 2 aliphatic rings. The lowest BCUT2D eigenvalue weighted by Crippen LogP contribution is -2.35. The minimum atomic E-state index is -0.330. The van der Waals surface area contributed by atoms with Crippen molar-refractivity contribution in [2.45, 2.75) is 52.0 Å². The van der Waals surface area contributed by atoms with Gasteiger partial charge in [0.2, 0.25) is 5.91 Å². The second-order valence-corrected chi connectivity index (χ2v) is 7.66. The molecule has 0 spiro atoms. The molecule has 0 bridgehead atoms. The van der Waals surface area contributed by atoms with E-state index in [4.69, 9.17) is 0 Å². The van der Waals surface area contributed by atoms with E-state index in [1.807, 2.05) is 13.0 Å². The topological polar surface area (TPSA) is 97.2 Å². The Hall–Kier alpha value is -3.03.